The summed E-state index contributed by atoms with van der Waals surface area (Å²) in [6.07, 6.45) is -1.18. The Kier molecular flexibility index (Phi) is 5.45. The highest BCUT2D eigenvalue weighted by Crippen LogP contribution is 2.39. The van der Waals surface area contributed by atoms with Gasteiger partial charge in [-0.3, -0.25) is 0 Å². The van der Waals surface area contributed by atoms with E-state index in [1.807, 2.05) is 0 Å². The molecule has 3 rings (SSSR count). The predicted octanol–water partition coefficient (Wildman–Crippen LogP) is 4.71. The number of alkyl halides is 3. The molecule has 0 bridgehead atoms. The Balaban J connectivity index is 1.70. The van der Waals surface area contributed by atoms with Gasteiger partial charge in [0, 0.05) is 19.0 Å². The number of rotatable bonds is 3. The minimum absolute atomic E-state index is 0.197. The fraction of sp³-hybridized carbons (Fsp3) is 0.647. The first-order valence-electron chi connectivity index (χ1n) is 8.33. The molecule has 1 heterocycles. The molecule has 2 atom stereocenters. The van der Waals surface area contributed by atoms with Crippen LogP contribution in [0.2, 0.25) is 5.02 Å². The predicted molar refractivity (Wildman–Crippen MR) is 85.7 cm³/mol. The lowest BCUT2D eigenvalue weighted by Gasteiger charge is -2.33. The van der Waals surface area contributed by atoms with Gasteiger partial charge in [-0.1, -0.05) is 24.4 Å². The van der Waals surface area contributed by atoms with Gasteiger partial charge in [-0.15, -0.1) is 0 Å². The van der Waals surface area contributed by atoms with E-state index in [4.69, 9.17) is 21.1 Å². The Bertz CT molecular complexity index is 580. The Morgan fingerprint density at radius 2 is 1.83 bits per heavy atom. The normalized spacial score (nSPS) is 24.5. The quantitative estimate of drug-likeness (QED) is 0.843. The molecule has 24 heavy (non-hydrogen) atoms. The molecular formula is C17H21ClF3NO2. The van der Waals surface area contributed by atoms with Crippen LogP contribution in [0, 0.1) is 5.92 Å². The summed E-state index contributed by atoms with van der Waals surface area (Å²) in [6, 6.07) is 2.98. The Morgan fingerprint density at radius 1 is 1.08 bits per heavy atom. The van der Waals surface area contributed by atoms with E-state index in [2.05, 4.69) is 5.32 Å². The third-order valence-corrected chi connectivity index (χ3v) is 4.90. The number of hydrogen-bond acceptors (Lipinski definition) is 3. The highest BCUT2D eigenvalue weighted by atomic mass is 35.5. The van der Waals surface area contributed by atoms with Gasteiger partial charge in [-0.2, -0.15) is 13.2 Å². The van der Waals surface area contributed by atoms with Gasteiger partial charge in [0.2, 0.25) is 0 Å². The first kappa shape index (κ1) is 17.7. The van der Waals surface area contributed by atoms with E-state index in [1.165, 1.54) is 0 Å². The first-order valence-corrected chi connectivity index (χ1v) is 8.71. The van der Waals surface area contributed by atoms with Crippen LogP contribution < -0.4 is 14.8 Å². The van der Waals surface area contributed by atoms with Crippen molar-refractivity contribution in [2.24, 2.45) is 5.92 Å². The standard InChI is InChI=1S/C17H21ClF3NO2/c18-13-8-11(9-15-16(13)24-7-3-6-23-15)10-22-14-5-2-1-4-12(14)17(19,20)21/h8-9,12,14,22H,1-7,10H2/t12-,14-/m0/s1. The second-order valence-corrected chi connectivity index (χ2v) is 6.78. The summed E-state index contributed by atoms with van der Waals surface area (Å²) in [5.74, 6) is -0.196. The molecule has 1 aromatic rings. The number of hydrogen-bond donors (Lipinski definition) is 1. The van der Waals surface area contributed by atoms with Crippen molar-refractivity contribution < 1.29 is 22.6 Å². The smallest absolute Gasteiger partial charge is 0.393 e. The van der Waals surface area contributed by atoms with Gasteiger partial charge in [0.1, 0.15) is 0 Å². The van der Waals surface area contributed by atoms with E-state index >= 15 is 0 Å². The van der Waals surface area contributed by atoms with Crippen LogP contribution >= 0.6 is 11.6 Å². The molecule has 1 aliphatic heterocycles. The Morgan fingerprint density at radius 3 is 2.62 bits per heavy atom. The lowest BCUT2D eigenvalue weighted by Crippen LogP contribution is -2.45. The van der Waals surface area contributed by atoms with Crippen LogP contribution in [0.3, 0.4) is 0 Å². The molecule has 0 unspecified atom stereocenters. The number of nitrogens with one attached hydrogen (secondary N) is 1. The molecule has 1 aromatic carbocycles. The Labute approximate surface area is 144 Å². The second kappa shape index (κ2) is 7.40. The molecule has 0 saturated heterocycles. The maximum absolute atomic E-state index is 13.2. The zero-order valence-corrected chi connectivity index (χ0v) is 14.1. The summed E-state index contributed by atoms with van der Waals surface area (Å²) in [6.45, 7) is 1.41. The van der Waals surface area contributed by atoms with E-state index < -0.39 is 18.1 Å². The average Bonchev–Trinajstić information content (AvgIpc) is 2.78. The number of ether oxygens (including phenoxy) is 2. The summed E-state index contributed by atoms with van der Waals surface area (Å²) in [7, 11) is 0. The number of benzene rings is 1. The molecule has 1 fully saturated rings. The van der Waals surface area contributed by atoms with Gasteiger partial charge in [0.05, 0.1) is 24.2 Å². The molecule has 1 saturated carbocycles. The molecular weight excluding hydrogens is 343 g/mol. The molecule has 0 spiro atoms. The van der Waals surface area contributed by atoms with Crippen LogP contribution in [0.4, 0.5) is 13.2 Å². The van der Waals surface area contributed by atoms with Crippen LogP contribution in [0.5, 0.6) is 11.5 Å². The third-order valence-electron chi connectivity index (χ3n) is 4.62. The van der Waals surface area contributed by atoms with Gasteiger partial charge >= 0.3 is 6.18 Å². The van der Waals surface area contributed by atoms with Crippen LogP contribution in [0.15, 0.2) is 12.1 Å². The molecule has 3 nitrogen and oxygen atoms in total. The Hall–Kier alpha value is -1.14. The molecule has 1 aliphatic carbocycles. The van der Waals surface area contributed by atoms with Crippen LogP contribution in [0.1, 0.15) is 37.7 Å². The van der Waals surface area contributed by atoms with Crippen LogP contribution in [-0.2, 0) is 6.54 Å². The van der Waals surface area contributed by atoms with E-state index in [1.54, 1.807) is 12.1 Å². The zero-order valence-electron chi connectivity index (χ0n) is 13.3. The SMILES string of the molecule is FC(F)(F)[C@H]1CCCC[C@@H]1NCc1cc(Cl)c2c(c1)OCCCO2. The van der Waals surface area contributed by atoms with Crippen molar-refractivity contribution in [2.45, 2.75) is 50.9 Å². The number of fused-ring (bicyclic) bond motifs is 1. The molecule has 134 valence electrons. The van der Waals surface area contributed by atoms with Gasteiger partial charge < -0.3 is 14.8 Å². The summed E-state index contributed by atoms with van der Waals surface area (Å²) in [4.78, 5) is 0. The molecule has 0 aromatic heterocycles. The largest absolute Gasteiger partial charge is 0.489 e. The molecule has 0 amide bonds. The van der Waals surface area contributed by atoms with Crippen molar-refractivity contribution in [3.8, 4) is 11.5 Å². The topological polar surface area (TPSA) is 30.5 Å². The summed E-state index contributed by atoms with van der Waals surface area (Å²) in [5.41, 5.74) is 0.802. The van der Waals surface area contributed by atoms with E-state index in [9.17, 15) is 13.2 Å². The van der Waals surface area contributed by atoms with Crippen LogP contribution in [-0.4, -0.2) is 25.4 Å². The second-order valence-electron chi connectivity index (χ2n) is 6.38. The molecule has 2 aliphatic rings. The summed E-state index contributed by atoms with van der Waals surface area (Å²) in [5, 5.41) is 3.50. The van der Waals surface area contributed by atoms with Gasteiger partial charge in [0.25, 0.3) is 0 Å². The minimum atomic E-state index is -4.15. The van der Waals surface area contributed by atoms with Crippen molar-refractivity contribution in [3.05, 3.63) is 22.7 Å². The van der Waals surface area contributed by atoms with Crippen molar-refractivity contribution in [1.29, 1.82) is 0 Å². The minimum Gasteiger partial charge on any atom is -0.489 e. The van der Waals surface area contributed by atoms with E-state index in [0.29, 0.717) is 49.1 Å². The van der Waals surface area contributed by atoms with E-state index in [-0.39, 0.29) is 6.42 Å². The van der Waals surface area contributed by atoms with Crippen molar-refractivity contribution in [2.75, 3.05) is 13.2 Å². The maximum Gasteiger partial charge on any atom is 0.393 e. The first-order chi connectivity index (χ1) is 11.4. The maximum atomic E-state index is 13.2. The zero-order chi connectivity index (χ0) is 17.2. The highest BCUT2D eigenvalue weighted by molar-refractivity contribution is 6.32. The fourth-order valence-corrected chi connectivity index (χ4v) is 3.69. The average molecular weight is 364 g/mol. The molecule has 7 heteroatoms. The molecule has 0 radical (unpaired) electrons. The lowest BCUT2D eigenvalue weighted by molar-refractivity contribution is -0.189. The van der Waals surface area contributed by atoms with Gasteiger partial charge in [-0.05, 0) is 30.5 Å². The fourth-order valence-electron chi connectivity index (χ4n) is 3.40. The van der Waals surface area contributed by atoms with Gasteiger partial charge in [0.15, 0.2) is 11.5 Å². The lowest BCUT2D eigenvalue weighted by atomic mass is 9.84. The van der Waals surface area contributed by atoms with E-state index in [0.717, 1.165) is 18.4 Å². The van der Waals surface area contributed by atoms with Crippen LogP contribution in [0.25, 0.3) is 0 Å². The summed E-state index contributed by atoms with van der Waals surface area (Å²) < 4.78 is 50.6. The number of halogens is 4. The highest BCUT2D eigenvalue weighted by Gasteiger charge is 2.45. The summed E-state index contributed by atoms with van der Waals surface area (Å²) >= 11 is 6.23. The van der Waals surface area contributed by atoms with Crippen molar-refractivity contribution in [1.82, 2.24) is 5.32 Å². The van der Waals surface area contributed by atoms with Gasteiger partial charge in [-0.25, -0.2) is 0 Å². The van der Waals surface area contributed by atoms with Crippen molar-refractivity contribution in [3.63, 3.8) is 0 Å². The third kappa shape index (κ3) is 4.09. The van der Waals surface area contributed by atoms with Crippen molar-refractivity contribution >= 4 is 11.6 Å². The molecule has 1 N–H and O–H groups in total. The monoisotopic (exact) mass is 363 g/mol.